The van der Waals surface area contributed by atoms with Crippen LogP contribution in [0.1, 0.15) is 37.0 Å². The first-order valence-electron chi connectivity index (χ1n) is 12.6. The summed E-state index contributed by atoms with van der Waals surface area (Å²) in [5.41, 5.74) is 8.01. The van der Waals surface area contributed by atoms with Crippen molar-refractivity contribution < 1.29 is 13.5 Å². The summed E-state index contributed by atoms with van der Waals surface area (Å²) >= 11 is 0.957. The van der Waals surface area contributed by atoms with E-state index in [-0.39, 0.29) is 50.6 Å². The molecule has 3 aromatic heterocycles. The summed E-state index contributed by atoms with van der Waals surface area (Å²) in [7, 11) is 2.13. The molecule has 8 nitrogen and oxygen atoms in total. The zero-order valence-electron chi connectivity index (χ0n) is 21.4. The lowest BCUT2D eigenvalue weighted by Gasteiger charge is -2.26. The van der Waals surface area contributed by atoms with Gasteiger partial charge in [0.2, 0.25) is 5.95 Å². The average Bonchev–Trinajstić information content (AvgIpc) is 3.63. The number of hydrogen-bond donors (Lipinski definition) is 1. The van der Waals surface area contributed by atoms with Crippen LogP contribution in [0.4, 0.5) is 19.7 Å². The van der Waals surface area contributed by atoms with Gasteiger partial charge in [-0.15, -0.1) is 11.3 Å². The Labute approximate surface area is 222 Å². The number of anilines is 2. The predicted octanol–water partition coefficient (Wildman–Crippen LogP) is 4.84. The molecule has 38 heavy (non-hydrogen) atoms. The molecule has 1 aromatic carbocycles. The Bertz CT molecular complexity index is 1630. The number of benzene rings is 1. The van der Waals surface area contributed by atoms with E-state index in [1.54, 1.807) is 6.20 Å². The molecule has 1 fully saturated rings. The SMILES string of the molecule is CC(C)CN(C)[C@H]1CCN(c2ncc3c4c(c(-c5ncc(F)c6sc(N)c(C#N)c56)c(F)c3n2)COC4)C1. The van der Waals surface area contributed by atoms with Gasteiger partial charge in [-0.1, -0.05) is 13.8 Å². The summed E-state index contributed by atoms with van der Waals surface area (Å²) in [6.45, 7) is 7.38. The Morgan fingerprint density at radius 3 is 2.82 bits per heavy atom. The Balaban J connectivity index is 1.50. The number of hydrogen-bond acceptors (Lipinski definition) is 9. The number of nitrogens with zero attached hydrogens (tertiary/aromatic N) is 6. The van der Waals surface area contributed by atoms with Gasteiger partial charge >= 0.3 is 0 Å². The van der Waals surface area contributed by atoms with Crippen molar-refractivity contribution in [3.8, 4) is 17.3 Å². The molecule has 0 bridgehead atoms. The number of likely N-dealkylation sites (N-methyl/N-ethyl adjacent to an activating group) is 1. The molecular weight excluding hydrogens is 508 g/mol. The second kappa shape index (κ2) is 9.38. The van der Waals surface area contributed by atoms with Crippen molar-refractivity contribution in [3.05, 3.63) is 40.7 Å². The highest BCUT2D eigenvalue weighted by Crippen LogP contribution is 2.45. The zero-order valence-corrected chi connectivity index (χ0v) is 22.2. The summed E-state index contributed by atoms with van der Waals surface area (Å²) < 4.78 is 37.0. The fraction of sp³-hybridized carbons (Fsp3) is 0.407. The molecule has 1 saturated heterocycles. The molecule has 2 N–H and O–H groups in total. The zero-order chi connectivity index (χ0) is 26.7. The quantitative estimate of drug-likeness (QED) is 0.387. The number of aromatic nitrogens is 3. The van der Waals surface area contributed by atoms with Crippen molar-refractivity contribution in [2.75, 3.05) is 37.3 Å². The van der Waals surface area contributed by atoms with Gasteiger partial charge in [-0.2, -0.15) is 5.26 Å². The van der Waals surface area contributed by atoms with E-state index in [4.69, 9.17) is 15.5 Å². The third kappa shape index (κ3) is 3.86. The number of halogens is 2. The fourth-order valence-corrected chi connectivity index (χ4v) is 6.62. The molecular formula is C27H27F2N7OS. The molecule has 5 heterocycles. The third-order valence-corrected chi connectivity index (χ3v) is 8.48. The van der Waals surface area contributed by atoms with Crippen molar-refractivity contribution in [3.63, 3.8) is 0 Å². The van der Waals surface area contributed by atoms with E-state index in [9.17, 15) is 9.65 Å². The highest BCUT2D eigenvalue weighted by molar-refractivity contribution is 7.23. The molecule has 11 heteroatoms. The lowest BCUT2D eigenvalue weighted by Crippen LogP contribution is -2.37. The van der Waals surface area contributed by atoms with Crippen LogP contribution in [0.25, 0.3) is 32.2 Å². The number of nitrogens with two attached hydrogens (primary N) is 1. The second-order valence-electron chi connectivity index (χ2n) is 10.4. The van der Waals surface area contributed by atoms with Gasteiger partial charge in [0.25, 0.3) is 0 Å². The summed E-state index contributed by atoms with van der Waals surface area (Å²) in [4.78, 5) is 18.0. The number of nitrogen functional groups attached to an aromatic ring is 1. The summed E-state index contributed by atoms with van der Waals surface area (Å²) in [6.07, 6.45) is 3.69. The standard InChI is InChI=1S/C27H27F2N7OS/c1-13(2)9-35(3)14-4-5-36(10-14)27-33-7-16-17-11-37-12-18(17)20(22(29)23(16)34-27)24-21-15(6-30)26(31)38-25(21)19(28)8-32-24/h7-8,13-14H,4-5,9-12,31H2,1-3H3/t14-/m0/s1. The summed E-state index contributed by atoms with van der Waals surface area (Å²) in [6, 6.07) is 2.41. The molecule has 4 aromatic rings. The highest BCUT2D eigenvalue weighted by atomic mass is 32.1. The minimum absolute atomic E-state index is 0.0937. The largest absolute Gasteiger partial charge is 0.389 e. The van der Waals surface area contributed by atoms with Crippen LogP contribution in [0.5, 0.6) is 0 Å². The van der Waals surface area contributed by atoms with E-state index >= 15 is 4.39 Å². The Morgan fingerprint density at radius 2 is 2.05 bits per heavy atom. The number of pyridine rings is 1. The van der Waals surface area contributed by atoms with Crippen molar-refractivity contribution >= 4 is 43.3 Å². The average molecular weight is 536 g/mol. The van der Waals surface area contributed by atoms with Gasteiger partial charge in [-0.05, 0) is 30.5 Å². The molecule has 6 rings (SSSR count). The monoisotopic (exact) mass is 535 g/mol. The van der Waals surface area contributed by atoms with E-state index in [2.05, 4.69) is 40.7 Å². The van der Waals surface area contributed by atoms with Gasteiger partial charge in [0.15, 0.2) is 11.6 Å². The number of fused-ring (bicyclic) bond motifs is 4. The Morgan fingerprint density at radius 1 is 1.26 bits per heavy atom. The van der Waals surface area contributed by atoms with E-state index in [0.29, 0.717) is 28.9 Å². The first kappa shape index (κ1) is 24.9. The van der Waals surface area contributed by atoms with Crippen LogP contribution in [0, 0.1) is 28.9 Å². The minimum Gasteiger partial charge on any atom is -0.389 e. The van der Waals surface area contributed by atoms with Crippen LogP contribution >= 0.6 is 11.3 Å². The Hall–Kier alpha value is -3.46. The van der Waals surface area contributed by atoms with Gasteiger partial charge in [0.05, 0.1) is 35.4 Å². The molecule has 0 unspecified atom stereocenters. The van der Waals surface area contributed by atoms with Gasteiger partial charge in [0, 0.05) is 48.2 Å². The molecule has 0 saturated carbocycles. The van der Waals surface area contributed by atoms with Crippen LogP contribution in [0.3, 0.4) is 0 Å². The molecule has 2 aliphatic heterocycles. The van der Waals surface area contributed by atoms with E-state index in [0.717, 1.165) is 49.2 Å². The van der Waals surface area contributed by atoms with Gasteiger partial charge < -0.3 is 20.3 Å². The molecule has 0 spiro atoms. The van der Waals surface area contributed by atoms with E-state index < -0.39 is 11.6 Å². The molecule has 2 aliphatic rings. The van der Waals surface area contributed by atoms with Crippen LogP contribution in [0.15, 0.2) is 12.4 Å². The van der Waals surface area contributed by atoms with Crippen molar-refractivity contribution in [2.45, 2.75) is 39.5 Å². The second-order valence-corrected chi connectivity index (χ2v) is 11.5. The number of nitriles is 1. The van der Waals surface area contributed by atoms with Crippen molar-refractivity contribution in [1.29, 1.82) is 5.26 Å². The van der Waals surface area contributed by atoms with Crippen LogP contribution < -0.4 is 10.6 Å². The number of thiophene rings is 1. The minimum atomic E-state index is -0.605. The van der Waals surface area contributed by atoms with Gasteiger partial charge in [-0.3, -0.25) is 4.98 Å². The molecule has 196 valence electrons. The normalized spacial score (nSPS) is 17.3. The number of ether oxygens (including phenoxy) is 1. The van der Waals surface area contributed by atoms with Gasteiger partial charge in [0.1, 0.15) is 16.6 Å². The van der Waals surface area contributed by atoms with Crippen LogP contribution in [-0.2, 0) is 18.0 Å². The molecule has 1 atom stereocenters. The fourth-order valence-electron chi connectivity index (χ4n) is 5.70. The first-order valence-corrected chi connectivity index (χ1v) is 13.4. The maximum Gasteiger partial charge on any atom is 0.226 e. The molecule has 0 radical (unpaired) electrons. The van der Waals surface area contributed by atoms with Crippen molar-refractivity contribution in [1.82, 2.24) is 19.9 Å². The lowest BCUT2D eigenvalue weighted by atomic mass is 9.94. The predicted molar refractivity (Wildman–Crippen MR) is 144 cm³/mol. The van der Waals surface area contributed by atoms with Gasteiger partial charge in [-0.25, -0.2) is 18.7 Å². The van der Waals surface area contributed by atoms with Crippen molar-refractivity contribution in [2.24, 2.45) is 5.92 Å². The number of rotatable bonds is 5. The first-order chi connectivity index (χ1) is 18.3. The van der Waals surface area contributed by atoms with E-state index in [1.165, 1.54) is 0 Å². The third-order valence-electron chi connectivity index (χ3n) is 7.45. The van der Waals surface area contributed by atoms with Crippen LogP contribution in [0.2, 0.25) is 0 Å². The summed E-state index contributed by atoms with van der Waals surface area (Å²) in [5, 5.41) is 10.7. The summed E-state index contributed by atoms with van der Waals surface area (Å²) in [5.74, 6) is -0.160. The molecule has 0 amide bonds. The van der Waals surface area contributed by atoms with Crippen LogP contribution in [-0.4, -0.2) is 52.6 Å². The Kier molecular flexibility index (Phi) is 6.13. The lowest BCUT2D eigenvalue weighted by molar-refractivity contribution is 0.135. The van der Waals surface area contributed by atoms with E-state index in [1.807, 2.05) is 6.07 Å². The maximum absolute atomic E-state index is 16.5. The smallest absolute Gasteiger partial charge is 0.226 e. The topological polar surface area (TPSA) is 104 Å². The maximum atomic E-state index is 16.5. The molecule has 0 aliphatic carbocycles. The highest BCUT2D eigenvalue weighted by Gasteiger charge is 2.32.